The summed E-state index contributed by atoms with van der Waals surface area (Å²) in [6.07, 6.45) is 0. The van der Waals surface area contributed by atoms with E-state index in [4.69, 9.17) is 5.11 Å². The summed E-state index contributed by atoms with van der Waals surface area (Å²) >= 11 is 0. The third-order valence-electron chi connectivity index (χ3n) is 2.34. The summed E-state index contributed by atoms with van der Waals surface area (Å²) in [7, 11) is 0. The van der Waals surface area contributed by atoms with Gasteiger partial charge in [0, 0.05) is 0 Å². The molecule has 13 heavy (non-hydrogen) atoms. The van der Waals surface area contributed by atoms with Gasteiger partial charge in [-0.3, -0.25) is 0 Å². The Morgan fingerprint density at radius 1 is 1.15 bits per heavy atom. The Morgan fingerprint density at radius 3 is 1.54 bits per heavy atom. The van der Waals surface area contributed by atoms with Gasteiger partial charge < -0.3 is 10.2 Å². The van der Waals surface area contributed by atoms with Gasteiger partial charge in [-0.25, -0.2) is 4.79 Å². The smallest absolute Gasteiger partial charge is 0.377 e. The Labute approximate surface area is 75.4 Å². The molecule has 0 amide bonds. The van der Waals surface area contributed by atoms with E-state index in [-0.39, 0.29) is 0 Å². The fourth-order valence-corrected chi connectivity index (χ4v) is 0.679. The Bertz CT molecular complexity index is 216. The Balaban J connectivity index is 5.16. The Hall–Kier alpha value is -0.710. The summed E-state index contributed by atoms with van der Waals surface area (Å²) < 4.78 is 25.9. The second-order valence-electron chi connectivity index (χ2n) is 4.20. The van der Waals surface area contributed by atoms with Crippen molar-refractivity contribution in [3.8, 4) is 0 Å². The number of halogens is 2. The topological polar surface area (TPSA) is 57.5 Å². The quantitative estimate of drug-likeness (QED) is 0.703. The first-order valence-electron chi connectivity index (χ1n) is 3.78. The SMILES string of the molecule is CC(C)(C)C(C)(O)C(F)(F)C(=O)O. The molecule has 0 fully saturated rings. The molecule has 0 saturated heterocycles. The zero-order chi connectivity index (χ0) is 11.1. The number of hydrogen-bond donors (Lipinski definition) is 2. The van der Waals surface area contributed by atoms with Crippen LogP contribution in [0.3, 0.4) is 0 Å². The van der Waals surface area contributed by atoms with E-state index in [1.54, 1.807) is 0 Å². The molecule has 2 N–H and O–H groups in total. The maximum Gasteiger partial charge on any atom is 0.377 e. The first-order valence-corrected chi connectivity index (χ1v) is 3.78. The van der Waals surface area contributed by atoms with Crippen molar-refractivity contribution in [1.82, 2.24) is 0 Å². The lowest BCUT2D eigenvalue weighted by atomic mass is 9.74. The maximum absolute atomic E-state index is 13.0. The van der Waals surface area contributed by atoms with Crippen molar-refractivity contribution < 1.29 is 23.8 Å². The number of carboxylic acid groups (broad SMARTS) is 1. The number of aliphatic carboxylic acids is 1. The van der Waals surface area contributed by atoms with Gasteiger partial charge in [-0.05, 0) is 12.3 Å². The zero-order valence-corrected chi connectivity index (χ0v) is 8.06. The van der Waals surface area contributed by atoms with Crippen LogP contribution in [0.25, 0.3) is 0 Å². The van der Waals surface area contributed by atoms with Crippen LogP contribution in [0, 0.1) is 5.41 Å². The molecule has 5 heteroatoms. The highest BCUT2D eigenvalue weighted by atomic mass is 19.3. The van der Waals surface area contributed by atoms with Gasteiger partial charge in [0.2, 0.25) is 0 Å². The van der Waals surface area contributed by atoms with Crippen LogP contribution in [0.5, 0.6) is 0 Å². The van der Waals surface area contributed by atoms with Gasteiger partial charge >= 0.3 is 11.9 Å². The number of alkyl halides is 2. The van der Waals surface area contributed by atoms with Gasteiger partial charge in [0.1, 0.15) is 5.60 Å². The van der Waals surface area contributed by atoms with Crippen molar-refractivity contribution in [2.24, 2.45) is 5.41 Å². The minimum absolute atomic E-state index is 0.821. The zero-order valence-electron chi connectivity index (χ0n) is 8.06. The van der Waals surface area contributed by atoms with Gasteiger partial charge in [0.05, 0.1) is 0 Å². The molecule has 0 aliphatic heterocycles. The van der Waals surface area contributed by atoms with Crippen molar-refractivity contribution >= 4 is 5.97 Å². The standard InChI is InChI=1S/C8H14F2O3/c1-6(2,3)7(4,13)8(9,10)5(11)12/h13H,1-4H3,(H,11,12). The van der Waals surface area contributed by atoms with Gasteiger partial charge in [0.15, 0.2) is 0 Å². The molecule has 0 saturated carbocycles. The van der Waals surface area contributed by atoms with E-state index in [1.165, 1.54) is 20.8 Å². The highest BCUT2D eigenvalue weighted by molar-refractivity contribution is 5.77. The largest absolute Gasteiger partial charge is 0.477 e. The van der Waals surface area contributed by atoms with Gasteiger partial charge in [-0.1, -0.05) is 20.8 Å². The molecule has 0 heterocycles. The summed E-state index contributed by atoms with van der Waals surface area (Å²) in [6, 6.07) is 0. The number of rotatable bonds is 2. The summed E-state index contributed by atoms with van der Waals surface area (Å²) in [5.74, 6) is -6.46. The molecular weight excluding hydrogens is 182 g/mol. The minimum atomic E-state index is -4.15. The van der Waals surface area contributed by atoms with Crippen LogP contribution in [0.4, 0.5) is 8.78 Å². The number of hydrogen-bond acceptors (Lipinski definition) is 2. The molecule has 0 rings (SSSR count). The molecule has 1 atom stereocenters. The molecule has 3 nitrogen and oxygen atoms in total. The van der Waals surface area contributed by atoms with E-state index in [2.05, 4.69) is 0 Å². The van der Waals surface area contributed by atoms with Crippen molar-refractivity contribution in [3.05, 3.63) is 0 Å². The average molecular weight is 196 g/mol. The summed E-state index contributed by atoms with van der Waals surface area (Å²) in [5, 5.41) is 17.6. The van der Waals surface area contributed by atoms with E-state index in [0.29, 0.717) is 0 Å². The summed E-state index contributed by atoms with van der Waals surface area (Å²) in [5.41, 5.74) is -3.79. The van der Waals surface area contributed by atoms with E-state index >= 15 is 0 Å². The predicted octanol–water partition coefficient (Wildman–Crippen LogP) is 1.50. The molecule has 78 valence electrons. The molecule has 0 radical (unpaired) electrons. The predicted molar refractivity (Wildman–Crippen MR) is 42.7 cm³/mol. The number of carboxylic acids is 1. The molecule has 0 aliphatic rings. The lowest BCUT2D eigenvalue weighted by Crippen LogP contribution is -2.58. The highest BCUT2D eigenvalue weighted by Crippen LogP contribution is 2.42. The third kappa shape index (κ3) is 1.80. The van der Waals surface area contributed by atoms with Crippen LogP contribution in [-0.2, 0) is 4.79 Å². The third-order valence-corrected chi connectivity index (χ3v) is 2.34. The molecular formula is C8H14F2O3. The second kappa shape index (κ2) is 2.90. The van der Waals surface area contributed by atoms with Gasteiger partial charge in [0.25, 0.3) is 0 Å². The minimum Gasteiger partial charge on any atom is -0.477 e. The van der Waals surface area contributed by atoms with Crippen LogP contribution in [0.15, 0.2) is 0 Å². The van der Waals surface area contributed by atoms with Crippen molar-refractivity contribution in [3.63, 3.8) is 0 Å². The molecule has 0 aromatic heterocycles. The van der Waals surface area contributed by atoms with Crippen molar-refractivity contribution in [2.75, 3.05) is 0 Å². The van der Waals surface area contributed by atoms with E-state index < -0.39 is 22.9 Å². The van der Waals surface area contributed by atoms with Crippen LogP contribution < -0.4 is 0 Å². The number of aliphatic hydroxyl groups is 1. The van der Waals surface area contributed by atoms with E-state index in [9.17, 15) is 18.7 Å². The Morgan fingerprint density at radius 2 is 1.46 bits per heavy atom. The van der Waals surface area contributed by atoms with Gasteiger partial charge in [-0.15, -0.1) is 0 Å². The van der Waals surface area contributed by atoms with E-state index in [1.807, 2.05) is 0 Å². The van der Waals surface area contributed by atoms with Crippen LogP contribution in [0.1, 0.15) is 27.7 Å². The van der Waals surface area contributed by atoms with E-state index in [0.717, 1.165) is 6.92 Å². The molecule has 0 aromatic rings. The fourth-order valence-electron chi connectivity index (χ4n) is 0.679. The average Bonchev–Trinajstić information content (AvgIpc) is 1.84. The van der Waals surface area contributed by atoms with Crippen LogP contribution in [-0.4, -0.2) is 27.7 Å². The first-order chi connectivity index (χ1) is 5.44. The molecule has 1 unspecified atom stereocenters. The monoisotopic (exact) mass is 196 g/mol. The van der Waals surface area contributed by atoms with Crippen LogP contribution in [0.2, 0.25) is 0 Å². The van der Waals surface area contributed by atoms with Crippen molar-refractivity contribution in [2.45, 2.75) is 39.2 Å². The number of carbonyl (C=O) groups is 1. The Kier molecular flexibility index (Phi) is 2.75. The highest BCUT2D eigenvalue weighted by Gasteiger charge is 2.61. The van der Waals surface area contributed by atoms with Gasteiger partial charge in [-0.2, -0.15) is 8.78 Å². The maximum atomic E-state index is 13.0. The molecule has 0 spiro atoms. The summed E-state index contributed by atoms with van der Waals surface area (Å²) in [4.78, 5) is 10.2. The van der Waals surface area contributed by atoms with Crippen molar-refractivity contribution in [1.29, 1.82) is 0 Å². The molecule has 0 aromatic carbocycles. The lowest BCUT2D eigenvalue weighted by Gasteiger charge is -2.40. The second-order valence-corrected chi connectivity index (χ2v) is 4.20. The first kappa shape index (κ1) is 12.3. The lowest BCUT2D eigenvalue weighted by molar-refractivity contribution is -0.229. The normalized spacial score (nSPS) is 18.1. The molecule has 0 aliphatic carbocycles. The summed E-state index contributed by atoms with van der Waals surface area (Å²) in [6.45, 7) is 4.87. The molecule has 0 bridgehead atoms. The fraction of sp³-hybridized carbons (Fsp3) is 0.875. The van der Waals surface area contributed by atoms with Crippen LogP contribution >= 0.6 is 0 Å².